The van der Waals surface area contributed by atoms with E-state index in [0.29, 0.717) is 11.7 Å². The molecule has 1 atom stereocenters. The number of rotatable bonds is 5. The van der Waals surface area contributed by atoms with Crippen molar-refractivity contribution in [3.63, 3.8) is 0 Å². The summed E-state index contributed by atoms with van der Waals surface area (Å²) in [6.07, 6.45) is 4.81. The van der Waals surface area contributed by atoms with Gasteiger partial charge in [-0.25, -0.2) is 0 Å². The van der Waals surface area contributed by atoms with Crippen molar-refractivity contribution in [2.75, 3.05) is 6.61 Å². The quantitative estimate of drug-likeness (QED) is 0.470. The van der Waals surface area contributed by atoms with E-state index in [1.54, 1.807) is 6.08 Å². The highest BCUT2D eigenvalue weighted by Crippen LogP contribution is 2.20. The number of hydrogen-bond acceptors (Lipinski definition) is 2. The molecule has 0 amide bonds. The third-order valence-electron chi connectivity index (χ3n) is 3.38. The smallest absolute Gasteiger partial charge is 0.185 e. The average Bonchev–Trinajstić information content (AvgIpc) is 3.31. The molecule has 1 aliphatic rings. The SMILES string of the molecule is O=C(C=Cc1ccccc1CC1CO1)c1ccccc1. The lowest BCUT2D eigenvalue weighted by Gasteiger charge is -2.03. The third kappa shape index (κ3) is 3.22. The Morgan fingerprint density at radius 1 is 1.10 bits per heavy atom. The van der Waals surface area contributed by atoms with Gasteiger partial charge in [0.05, 0.1) is 12.7 Å². The molecule has 0 aliphatic carbocycles. The van der Waals surface area contributed by atoms with Crippen LogP contribution in [0.5, 0.6) is 0 Å². The van der Waals surface area contributed by atoms with Crippen LogP contribution >= 0.6 is 0 Å². The summed E-state index contributed by atoms with van der Waals surface area (Å²) < 4.78 is 5.27. The molecule has 2 heteroatoms. The Labute approximate surface area is 118 Å². The van der Waals surface area contributed by atoms with Gasteiger partial charge in [0, 0.05) is 12.0 Å². The number of hydrogen-bond donors (Lipinski definition) is 0. The summed E-state index contributed by atoms with van der Waals surface area (Å²) in [4.78, 5) is 12.1. The molecule has 100 valence electrons. The largest absolute Gasteiger partial charge is 0.373 e. The second kappa shape index (κ2) is 5.85. The van der Waals surface area contributed by atoms with Crippen LogP contribution in [0.1, 0.15) is 21.5 Å². The minimum Gasteiger partial charge on any atom is -0.373 e. The first-order chi connectivity index (χ1) is 9.83. The Bertz CT molecular complexity index is 625. The zero-order valence-electron chi connectivity index (χ0n) is 11.2. The van der Waals surface area contributed by atoms with Crippen LogP contribution in [0.25, 0.3) is 6.08 Å². The summed E-state index contributed by atoms with van der Waals surface area (Å²) in [6.45, 7) is 0.848. The normalized spacial score (nSPS) is 17.3. The Hall–Kier alpha value is -2.19. The highest BCUT2D eigenvalue weighted by molar-refractivity contribution is 6.06. The zero-order valence-corrected chi connectivity index (χ0v) is 11.2. The van der Waals surface area contributed by atoms with Crippen LogP contribution in [0.2, 0.25) is 0 Å². The second-order valence-corrected chi connectivity index (χ2v) is 4.92. The van der Waals surface area contributed by atoms with E-state index >= 15 is 0 Å². The van der Waals surface area contributed by atoms with Crippen molar-refractivity contribution in [2.24, 2.45) is 0 Å². The highest BCUT2D eigenvalue weighted by atomic mass is 16.6. The molecule has 2 aromatic rings. The van der Waals surface area contributed by atoms with Crippen LogP contribution in [-0.4, -0.2) is 18.5 Å². The molecule has 3 rings (SSSR count). The Kier molecular flexibility index (Phi) is 3.75. The van der Waals surface area contributed by atoms with Gasteiger partial charge < -0.3 is 4.74 Å². The van der Waals surface area contributed by atoms with E-state index in [4.69, 9.17) is 4.74 Å². The molecule has 0 N–H and O–H groups in total. The Morgan fingerprint density at radius 3 is 2.55 bits per heavy atom. The van der Waals surface area contributed by atoms with Gasteiger partial charge in [0.25, 0.3) is 0 Å². The van der Waals surface area contributed by atoms with Crippen molar-refractivity contribution >= 4 is 11.9 Å². The van der Waals surface area contributed by atoms with Gasteiger partial charge in [0.1, 0.15) is 0 Å². The van der Waals surface area contributed by atoms with E-state index in [1.807, 2.05) is 54.6 Å². The van der Waals surface area contributed by atoms with Crippen LogP contribution in [0.3, 0.4) is 0 Å². The second-order valence-electron chi connectivity index (χ2n) is 4.92. The fraction of sp³-hybridized carbons (Fsp3) is 0.167. The maximum atomic E-state index is 12.1. The van der Waals surface area contributed by atoms with Crippen molar-refractivity contribution in [1.29, 1.82) is 0 Å². The van der Waals surface area contributed by atoms with Crippen molar-refractivity contribution in [1.82, 2.24) is 0 Å². The summed E-state index contributed by atoms with van der Waals surface area (Å²) in [6, 6.07) is 17.5. The molecule has 2 aromatic carbocycles. The van der Waals surface area contributed by atoms with Crippen molar-refractivity contribution < 1.29 is 9.53 Å². The molecule has 1 saturated heterocycles. The molecule has 0 spiro atoms. The maximum absolute atomic E-state index is 12.1. The van der Waals surface area contributed by atoms with E-state index in [9.17, 15) is 4.79 Å². The molecule has 1 aliphatic heterocycles. The van der Waals surface area contributed by atoms with Crippen molar-refractivity contribution in [2.45, 2.75) is 12.5 Å². The summed E-state index contributed by atoms with van der Waals surface area (Å²) in [5.74, 6) is 0.0306. The number of allylic oxidation sites excluding steroid dienone is 1. The third-order valence-corrected chi connectivity index (χ3v) is 3.38. The van der Waals surface area contributed by atoms with Gasteiger partial charge in [-0.1, -0.05) is 60.7 Å². The van der Waals surface area contributed by atoms with Crippen LogP contribution in [0, 0.1) is 0 Å². The topological polar surface area (TPSA) is 29.6 Å². The summed E-state index contributed by atoms with van der Waals surface area (Å²) in [7, 11) is 0. The predicted octanol–water partition coefficient (Wildman–Crippen LogP) is 3.52. The first-order valence-electron chi connectivity index (χ1n) is 6.80. The van der Waals surface area contributed by atoms with Gasteiger partial charge in [0.2, 0.25) is 0 Å². The number of epoxide rings is 1. The molecule has 1 unspecified atom stereocenters. The molecule has 20 heavy (non-hydrogen) atoms. The molecule has 1 heterocycles. The van der Waals surface area contributed by atoms with Gasteiger partial charge in [0.15, 0.2) is 5.78 Å². The lowest BCUT2D eigenvalue weighted by molar-refractivity contribution is 0.104. The Morgan fingerprint density at radius 2 is 1.80 bits per heavy atom. The summed E-state index contributed by atoms with van der Waals surface area (Å²) >= 11 is 0. The lowest BCUT2D eigenvalue weighted by atomic mass is 10.0. The molecule has 0 saturated carbocycles. The monoisotopic (exact) mass is 264 g/mol. The number of carbonyl (C=O) groups excluding carboxylic acids is 1. The molecule has 0 aromatic heterocycles. The molecule has 1 fully saturated rings. The first-order valence-corrected chi connectivity index (χ1v) is 6.80. The van der Waals surface area contributed by atoms with Gasteiger partial charge in [-0.3, -0.25) is 4.79 Å². The van der Waals surface area contributed by atoms with Crippen LogP contribution in [0.15, 0.2) is 60.7 Å². The fourth-order valence-corrected chi connectivity index (χ4v) is 2.18. The van der Waals surface area contributed by atoms with E-state index in [0.717, 1.165) is 18.6 Å². The van der Waals surface area contributed by atoms with Crippen LogP contribution in [-0.2, 0) is 11.2 Å². The van der Waals surface area contributed by atoms with E-state index < -0.39 is 0 Å². The van der Waals surface area contributed by atoms with Gasteiger partial charge in [-0.15, -0.1) is 0 Å². The maximum Gasteiger partial charge on any atom is 0.185 e. The molecular weight excluding hydrogens is 248 g/mol. The van der Waals surface area contributed by atoms with Crippen LogP contribution in [0.4, 0.5) is 0 Å². The average molecular weight is 264 g/mol. The van der Waals surface area contributed by atoms with Gasteiger partial charge >= 0.3 is 0 Å². The van der Waals surface area contributed by atoms with E-state index in [-0.39, 0.29) is 5.78 Å². The zero-order chi connectivity index (χ0) is 13.8. The number of benzene rings is 2. The fourth-order valence-electron chi connectivity index (χ4n) is 2.18. The molecule has 2 nitrogen and oxygen atoms in total. The molecule has 0 bridgehead atoms. The first kappa shape index (κ1) is 12.8. The number of ketones is 1. The van der Waals surface area contributed by atoms with Gasteiger partial charge in [-0.2, -0.15) is 0 Å². The number of carbonyl (C=O) groups is 1. The molecule has 0 radical (unpaired) electrons. The predicted molar refractivity (Wildman–Crippen MR) is 79.7 cm³/mol. The van der Waals surface area contributed by atoms with Crippen molar-refractivity contribution in [3.8, 4) is 0 Å². The van der Waals surface area contributed by atoms with E-state index in [2.05, 4.69) is 6.07 Å². The minimum atomic E-state index is 0.0306. The lowest BCUT2D eigenvalue weighted by Crippen LogP contribution is -1.97. The van der Waals surface area contributed by atoms with E-state index in [1.165, 1.54) is 5.56 Å². The summed E-state index contributed by atoms with van der Waals surface area (Å²) in [5, 5.41) is 0. The summed E-state index contributed by atoms with van der Waals surface area (Å²) in [5.41, 5.74) is 3.03. The van der Waals surface area contributed by atoms with Crippen LogP contribution < -0.4 is 0 Å². The number of ether oxygens (including phenoxy) is 1. The Balaban J connectivity index is 1.76. The van der Waals surface area contributed by atoms with Gasteiger partial charge in [-0.05, 0) is 17.2 Å². The standard InChI is InChI=1S/C18H16O2/c19-18(15-7-2-1-3-8-15)11-10-14-6-4-5-9-16(14)12-17-13-20-17/h1-11,17H,12-13H2. The minimum absolute atomic E-state index is 0.0306. The van der Waals surface area contributed by atoms with Crippen molar-refractivity contribution in [3.05, 3.63) is 77.4 Å². The molecular formula is C18H16O2. The highest BCUT2D eigenvalue weighted by Gasteiger charge is 2.23.